The first-order valence-electron chi connectivity index (χ1n) is 14.2. The third-order valence-corrected chi connectivity index (χ3v) is 8.99. The third kappa shape index (κ3) is 4.70. The number of ketones is 1. The van der Waals surface area contributed by atoms with Gasteiger partial charge < -0.3 is 5.32 Å². The van der Waals surface area contributed by atoms with Crippen LogP contribution in [0.4, 0.5) is 0 Å². The number of carbonyl (C=O) groups is 2. The summed E-state index contributed by atoms with van der Waals surface area (Å²) in [6.45, 7) is 3.20. The molecule has 2 aromatic carbocycles. The highest BCUT2D eigenvalue weighted by Crippen LogP contribution is 2.53. The van der Waals surface area contributed by atoms with Crippen molar-refractivity contribution in [3.8, 4) is 0 Å². The van der Waals surface area contributed by atoms with Gasteiger partial charge >= 0.3 is 0 Å². The van der Waals surface area contributed by atoms with Gasteiger partial charge in [0.1, 0.15) is 0 Å². The van der Waals surface area contributed by atoms with Gasteiger partial charge in [0.25, 0.3) is 5.91 Å². The zero-order valence-electron chi connectivity index (χ0n) is 21.8. The summed E-state index contributed by atoms with van der Waals surface area (Å²) in [5.74, 6) is 1.02. The fourth-order valence-corrected chi connectivity index (χ4v) is 7.05. The minimum atomic E-state index is 0.0187. The van der Waals surface area contributed by atoms with Crippen LogP contribution in [-0.4, -0.2) is 34.2 Å². The zero-order chi connectivity index (χ0) is 25.4. The number of hydrogen-bond donors (Lipinski definition) is 1. The average molecular weight is 496 g/mol. The van der Waals surface area contributed by atoms with Crippen molar-refractivity contribution < 1.29 is 9.59 Å². The SMILES string of the molecule is CCCC(=O)c1ccc2c(c1)[C@H]1CC[C@@H]2N1CCC1CCC(NC(=O)c2cccc3ncccc23)CC1. The van der Waals surface area contributed by atoms with Gasteiger partial charge in [-0.05, 0) is 99.2 Å². The van der Waals surface area contributed by atoms with Crippen molar-refractivity contribution >= 4 is 22.6 Å². The first-order valence-corrected chi connectivity index (χ1v) is 14.2. The van der Waals surface area contributed by atoms with Crippen molar-refractivity contribution in [3.05, 3.63) is 77.0 Å². The second-order valence-corrected chi connectivity index (χ2v) is 11.2. The molecule has 1 N–H and O–H groups in total. The molecule has 2 bridgehead atoms. The van der Waals surface area contributed by atoms with Crippen LogP contribution in [0.25, 0.3) is 10.9 Å². The second-order valence-electron chi connectivity index (χ2n) is 11.2. The lowest BCUT2D eigenvalue weighted by Gasteiger charge is -2.31. The molecule has 3 aromatic rings. The van der Waals surface area contributed by atoms with Crippen LogP contribution in [0.1, 0.15) is 109 Å². The monoisotopic (exact) mass is 495 g/mol. The predicted molar refractivity (Wildman–Crippen MR) is 147 cm³/mol. The van der Waals surface area contributed by atoms with Crippen molar-refractivity contribution in [1.29, 1.82) is 0 Å². The molecule has 5 heteroatoms. The quantitative estimate of drug-likeness (QED) is 0.350. The van der Waals surface area contributed by atoms with Crippen molar-refractivity contribution in [1.82, 2.24) is 15.2 Å². The van der Waals surface area contributed by atoms with Crippen molar-refractivity contribution in [2.45, 2.75) is 82.8 Å². The Kier molecular flexibility index (Phi) is 6.81. The smallest absolute Gasteiger partial charge is 0.252 e. The number of carbonyl (C=O) groups excluding carboxylic acids is 2. The fraction of sp³-hybridized carbons (Fsp3) is 0.469. The molecule has 3 heterocycles. The summed E-state index contributed by atoms with van der Waals surface area (Å²) in [4.78, 5) is 32.6. The first kappa shape index (κ1) is 24.3. The number of hydrogen-bond acceptors (Lipinski definition) is 4. The second kappa shape index (κ2) is 10.4. The van der Waals surface area contributed by atoms with Gasteiger partial charge in [0.2, 0.25) is 0 Å². The summed E-state index contributed by atoms with van der Waals surface area (Å²) < 4.78 is 0. The Morgan fingerprint density at radius 1 is 0.946 bits per heavy atom. The maximum Gasteiger partial charge on any atom is 0.252 e. The summed E-state index contributed by atoms with van der Waals surface area (Å²) in [6, 6.07) is 17.4. The highest BCUT2D eigenvalue weighted by molar-refractivity contribution is 6.06. The lowest BCUT2D eigenvalue weighted by molar-refractivity contribution is 0.0919. The number of pyridine rings is 1. The van der Waals surface area contributed by atoms with E-state index in [2.05, 4.69) is 40.3 Å². The Hall–Kier alpha value is -3.05. The normalized spacial score (nSPS) is 24.8. The van der Waals surface area contributed by atoms with Crippen molar-refractivity contribution in [3.63, 3.8) is 0 Å². The van der Waals surface area contributed by atoms with E-state index < -0.39 is 0 Å². The van der Waals surface area contributed by atoms with Gasteiger partial charge in [-0.2, -0.15) is 0 Å². The van der Waals surface area contributed by atoms with Crippen LogP contribution in [0.15, 0.2) is 54.7 Å². The summed E-state index contributed by atoms with van der Waals surface area (Å²) in [5.41, 5.74) is 5.35. The molecule has 6 rings (SSSR count). The van der Waals surface area contributed by atoms with Crippen LogP contribution in [0.5, 0.6) is 0 Å². The lowest BCUT2D eigenvalue weighted by Crippen LogP contribution is -2.38. The van der Waals surface area contributed by atoms with E-state index in [1.54, 1.807) is 6.20 Å². The van der Waals surface area contributed by atoms with Crippen LogP contribution < -0.4 is 5.32 Å². The molecule has 1 saturated heterocycles. The summed E-state index contributed by atoms with van der Waals surface area (Å²) in [6.07, 6.45) is 11.4. The molecule has 1 aromatic heterocycles. The number of nitrogens with one attached hydrogen (secondary N) is 1. The topological polar surface area (TPSA) is 62.3 Å². The molecule has 2 aliphatic heterocycles. The van der Waals surface area contributed by atoms with E-state index in [0.717, 1.165) is 53.8 Å². The van der Waals surface area contributed by atoms with Crippen LogP contribution in [0.2, 0.25) is 0 Å². The predicted octanol–water partition coefficient (Wildman–Crippen LogP) is 6.79. The van der Waals surface area contributed by atoms with Crippen molar-refractivity contribution in [2.24, 2.45) is 5.92 Å². The molecule has 1 aliphatic carbocycles. The highest BCUT2D eigenvalue weighted by Gasteiger charge is 2.43. The Balaban J connectivity index is 1.02. The van der Waals surface area contributed by atoms with Crippen LogP contribution in [0.3, 0.4) is 0 Å². The van der Waals surface area contributed by atoms with E-state index in [9.17, 15) is 9.59 Å². The molecule has 192 valence electrons. The van der Waals surface area contributed by atoms with Gasteiger partial charge in [0, 0.05) is 47.3 Å². The zero-order valence-corrected chi connectivity index (χ0v) is 21.8. The minimum Gasteiger partial charge on any atom is -0.349 e. The fourth-order valence-electron chi connectivity index (χ4n) is 7.05. The number of Topliss-reactive ketones (excluding diaryl/α,β-unsaturated/α-hetero) is 1. The minimum absolute atomic E-state index is 0.0187. The molecule has 3 aliphatic rings. The van der Waals surface area contributed by atoms with Crippen LogP contribution in [0, 0.1) is 5.92 Å². The van der Waals surface area contributed by atoms with Gasteiger partial charge in [-0.1, -0.05) is 31.2 Å². The molecule has 1 saturated carbocycles. The standard InChI is InChI=1S/C32H37N3O2/c1-2-5-31(36)22-11-14-25-27(20-22)30-16-15-29(25)35(30)19-17-21-9-12-23(13-10-21)34-32(37)26-6-3-8-28-24(26)7-4-18-33-28/h3-4,6-8,11,14,18,20-21,23,29-30H,2,5,9-10,12-13,15-17,19H2,1H3,(H,34,37)/t21?,23?,29-,30+/m0/s1. The Labute approximate surface area is 219 Å². The Bertz CT molecular complexity index is 1310. The van der Waals surface area contributed by atoms with Gasteiger partial charge in [-0.15, -0.1) is 0 Å². The molecule has 0 spiro atoms. The molecule has 0 unspecified atom stereocenters. The molecule has 0 radical (unpaired) electrons. The van der Waals surface area contributed by atoms with E-state index in [4.69, 9.17) is 0 Å². The van der Waals surface area contributed by atoms with Crippen molar-refractivity contribution in [2.75, 3.05) is 6.54 Å². The molecule has 37 heavy (non-hydrogen) atoms. The number of fused-ring (bicyclic) bond motifs is 6. The molecular weight excluding hydrogens is 458 g/mol. The number of benzene rings is 2. The molecular formula is C32H37N3O2. The van der Waals surface area contributed by atoms with E-state index in [0.29, 0.717) is 18.5 Å². The summed E-state index contributed by atoms with van der Waals surface area (Å²) in [5, 5.41) is 4.22. The van der Waals surface area contributed by atoms with Gasteiger partial charge in [0.15, 0.2) is 5.78 Å². The number of rotatable bonds is 8. The molecule has 2 fully saturated rings. The summed E-state index contributed by atoms with van der Waals surface area (Å²) >= 11 is 0. The number of amides is 1. The van der Waals surface area contributed by atoms with E-state index in [1.807, 2.05) is 30.3 Å². The van der Waals surface area contributed by atoms with Crippen LogP contribution in [-0.2, 0) is 0 Å². The summed E-state index contributed by atoms with van der Waals surface area (Å²) in [7, 11) is 0. The maximum atomic E-state index is 13.0. The number of nitrogens with zero attached hydrogens (tertiary/aromatic N) is 2. The molecule has 1 amide bonds. The molecule has 5 nitrogen and oxygen atoms in total. The van der Waals surface area contributed by atoms with Gasteiger partial charge in [-0.3, -0.25) is 19.5 Å². The Morgan fingerprint density at radius 2 is 1.76 bits per heavy atom. The van der Waals surface area contributed by atoms with E-state index in [-0.39, 0.29) is 17.7 Å². The third-order valence-electron chi connectivity index (χ3n) is 8.99. The van der Waals surface area contributed by atoms with Crippen LogP contribution >= 0.6 is 0 Å². The Morgan fingerprint density at radius 3 is 2.57 bits per heavy atom. The van der Waals surface area contributed by atoms with Gasteiger partial charge in [0.05, 0.1) is 5.52 Å². The van der Waals surface area contributed by atoms with Gasteiger partial charge in [-0.25, -0.2) is 0 Å². The van der Waals surface area contributed by atoms with E-state index in [1.165, 1.54) is 43.2 Å². The highest BCUT2D eigenvalue weighted by atomic mass is 16.1. The average Bonchev–Trinajstić information content (AvgIpc) is 3.48. The molecule has 2 atom stereocenters. The van der Waals surface area contributed by atoms with E-state index >= 15 is 0 Å². The number of aromatic nitrogens is 1. The first-order chi connectivity index (χ1) is 18.1. The lowest BCUT2D eigenvalue weighted by atomic mass is 9.84. The largest absolute Gasteiger partial charge is 0.349 e. The maximum absolute atomic E-state index is 13.0.